The van der Waals surface area contributed by atoms with E-state index in [4.69, 9.17) is 14.6 Å². The number of carbonyl (C=O) groups is 2. The van der Waals surface area contributed by atoms with Crippen LogP contribution in [0.3, 0.4) is 0 Å². The fourth-order valence-corrected chi connectivity index (χ4v) is 3.46. The minimum absolute atomic E-state index is 0.0594. The molecule has 36 heavy (non-hydrogen) atoms. The van der Waals surface area contributed by atoms with Crippen LogP contribution in [-0.4, -0.2) is 69.7 Å². The number of halogens is 3. The van der Waals surface area contributed by atoms with Crippen LogP contribution >= 0.6 is 0 Å². The van der Waals surface area contributed by atoms with Crippen molar-refractivity contribution in [2.24, 2.45) is 7.05 Å². The Morgan fingerprint density at radius 2 is 1.89 bits per heavy atom. The lowest BCUT2D eigenvalue weighted by atomic mass is 10.0. The third-order valence-electron chi connectivity index (χ3n) is 5.22. The first-order chi connectivity index (χ1) is 17.1. The summed E-state index contributed by atoms with van der Waals surface area (Å²) in [6.07, 6.45) is -3.42. The van der Waals surface area contributed by atoms with Crippen LogP contribution in [0.5, 0.6) is 5.75 Å². The SMILES string of the molecule is COc1cccc(C2CNCCN2C(=O)Nc2ccc(-c3ncn(C)n3)cc2)c1.O=C(O)C(F)(F)F. The number of carboxylic acids is 1. The van der Waals surface area contributed by atoms with Gasteiger partial charge in [0, 0.05) is 37.9 Å². The van der Waals surface area contributed by atoms with Crippen molar-refractivity contribution in [3.63, 3.8) is 0 Å². The number of ether oxygens (including phenoxy) is 1. The van der Waals surface area contributed by atoms with E-state index in [1.807, 2.05) is 60.5 Å². The summed E-state index contributed by atoms with van der Waals surface area (Å²) in [4.78, 5) is 28.0. The zero-order chi connectivity index (χ0) is 26.3. The number of hydrogen-bond donors (Lipinski definition) is 3. The van der Waals surface area contributed by atoms with Crippen molar-refractivity contribution >= 4 is 17.7 Å². The molecule has 10 nitrogen and oxygen atoms in total. The highest BCUT2D eigenvalue weighted by molar-refractivity contribution is 5.90. The van der Waals surface area contributed by atoms with Crippen LogP contribution in [0.25, 0.3) is 11.4 Å². The van der Waals surface area contributed by atoms with E-state index in [-0.39, 0.29) is 12.1 Å². The van der Waals surface area contributed by atoms with E-state index < -0.39 is 12.1 Å². The number of rotatable bonds is 4. The van der Waals surface area contributed by atoms with Gasteiger partial charge in [0.2, 0.25) is 0 Å². The number of nitrogens with zero attached hydrogens (tertiary/aromatic N) is 4. The van der Waals surface area contributed by atoms with Crippen LogP contribution in [0.2, 0.25) is 0 Å². The van der Waals surface area contributed by atoms with Crippen LogP contribution in [0.1, 0.15) is 11.6 Å². The number of aromatic nitrogens is 3. The number of methoxy groups -OCH3 is 1. The highest BCUT2D eigenvalue weighted by Crippen LogP contribution is 2.26. The molecule has 0 spiro atoms. The lowest BCUT2D eigenvalue weighted by Gasteiger charge is -2.36. The molecule has 0 aliphatic carbocycles. The predicted octanol–water partition coefficient (Wildman–Crippen LogP) is 3.30. The largest absolute Gasteiger partial charge is 0.497 e. The van der Waals surface area contributed by atoms with E-state index in [0.717, 1.165) is 29.1 Å². The van der Waals surface area contributed by atoms with Gasteiger partial charge in [0.1, 0.15) is 12.1 Å². The van der Waals surface area contributed by atoms with E-state index in [0.29, 0.717) is 18.9 Å². The molecule has 13 heteroatoms. The van der Waals surface area contributed by atoms with Crippen LogP contribution in [0.4, 0.5) is 23.7 Å². The van der Waals surface area contributed by atoms with Crippen molar-refractivity contribution in [3.8, 4) is 17.1 Å². The van der Waals surface area contributed by atoms with Gasteiger partial charge in [0.15, 0.2) is 5.82 Å². The highest BCUT2D eigenvalue weighted by Gasteiger charge is 2.38. The second-order valence-corrected chi connectivity index (χ2v) is 7.74. The number of amides is 2. The van der Waals surface area contributed by atoms with Gasteiger partial charge in [-0.1, -0.05) is 12.1 Å². The molecule has 2 amide bonds. The normalized spacial score (nSPS) is 15.5. The Hall–Kier alpha value is -4.13. The first-order valence-electron chi connectivity index (χ1n) is 10.8. The molecule has 3 N–H and O–H groups in total. The summed E-state index contributed by atoms with van der Waals surface area (Å²) in [7, 11) is 3.48. The smallest absolute Gasteiger partial charge is 0.490 e. The second-order valence-electron chi connectivity index (χ2n) is 7.74. The van der Waals surface area contributed by atoms with Gasteiger partial charge in [-0.3, -0.25) is 4.68 Å². The van der Waals surface area contributed by atoms with Gasteiger partial charge >= 0.3 is 18.2 Å². The molecule has 192 valence electrons. The van der Waals surface area contributed by atoms with Crippen molar-refractivity contribution < 1.29 is 32.6 Å². The Bertz CT molecular complexity index is 1180. The van der Waals surface area contributed by atoms with Gasteiger partial charge in [-0.2, -0.15) is 18.3 Å². The summed E-state index contributed by atoms with van der Waals surface area (Å²) in [5.74, 6) is -1.31. The molecule has 0 bridgehead atoms. The minimum atomic E-state index is -5.08. The molecule has 1 saturated heterocycles. The van der Waals surface area contributed by atoms with Gasteiger partial charge in [-0.25, -0.2) is 14.6 Å². The Labute approximate surface area is 204 Å². The molecule has 1 fully saturated rings. The monoisotopic (exact) mass is 506 g/mol. The quantitative estimate of drug-likeness (QED) is 0.496. The number of anilines is 1. The summed E-state index contributed by atoms with van der Waals surface area (Å²) in [5.41, 5.74) is 2.68. The number of urea groups is 1. The Morgan fingerprint density at radius 1 is 1.19 bits per heavy atom. The zero-order valence-electron chi connectivity index (χ0n) is 19.5. The Kier molecular flexibility index (Phi) is 8.48. The number of carboxylic acid groups (broad SMARTS) is 1. The molecule has 2 heterocycles. The van der Waals surface area contributed by atoms with E-state index >= 15 is 0 Å². The molecule has 1 aliphatic rings. The predicted molar refractivity (Wildman–Crippen MR) is 124 cm³/mol. The molecule has 1 aliphatic heterocycles. The van der Waals surface area contributed by atoms with Gasteiger partial charge in [-0.05, 0) is 42.0 Å². The summed E-state index contributed by atoms with van der Waals surface area (Å²) in [6.45, 7) is 2.09. The molecule has 4 rings (SSSR count). The van der Waals surface area contributed by atoms with Crippen molar-refractivity contribution in [1.82, 2.24) is 25.0 Å². The number of aryl methyl sites for hydroxylation is 1. The lowest BCUT2D eigenvalue weighted by Crippen LogP contribution is -2.50. The highest BCUT2D eigenvalue weighted by atomic mass is 19.4. The minimum Gasteiger partial charge on any atom is -0.497 e. The fourth-order valence-electron chi connectivity index (χ4n) is 3.46. The molecule has 3 aromatic rings. The zero-order valence-corrected chi connectivity index (χ0v) is 19.5. The van der Waals surface area contributed by atoms with Gasteiger partial charge < -0.3 is 25.4 Å². The number of carbonyl (C=O) groups excluding carboxylic acids is 1. The average molecular weight is 506 g/mol. The van der Waals surface area contributed by atoms with E-state index in [9.17, 15) is 18.0 Å². The molecule has 0 radical (unpaired) electrons. The molecule has 0 saturated carbocycles. The number of hydrogen-bond acceptors (Lipinski definition) is 6. The first kappa shape index (κ1) is 26.5. The van der Waals surface area contributed by atoms with Crippen LogP contribution in [0.15, 0.2) is 54.9 Å². The Morgan fingerprint density at radius 3 is 2.47 bits per heavy atom. The molecule has 1 atom stereocenters. The number of nitrogens with one attached hydrogen (secondary N) is 2. The molecule has 2 aromatic carbocycles. The maximum absolute atomic E-state index is 13.0. The van der Waals surface area contributed by atoms with Gasteiger partial charge in [0.05, 0.1) is 13.2 Å². The third kappa shape index (κ3) is 6.95. The summed E-state index contributed by atoms with van der Waals surface area (Å²) in [5, 5.41) is 17.8. The lowest BCUT2D eigenvalue weighted by molar-refractivity contribution is -0.192. The third-order valence-corrected chi connectivity index (χ3v) is 5.22. The van der Waals surface area contributed by atoms with Crippen molar-refractivity contribution in [2.75, 3.05) is 32.1 Å². The van der Waals surface area contributed by atoms with Gasteiger partial charge in [0.25, 0.3) is 0 Å². The van der Waals surface area contributed by atoms with E-state index in [2.05, 4.69) is 20.7 Å². The molecular formula is C23H25F3N6O4. The number of benzene rings is 2. The summed E-state index contributed by atoms with van der Waals surface area (Å²) in [6, 6.07) is 15.2. The summed E-state index contributed by atoms with van der Waals surface area (Å²) >= 11 is 0. The van der Waals surface area contributed by atoms with Crippen molar-refractivity contribution in [2.45, 2.75) is 12.2 Å². The first-order valence-corrected chi connectivity index (χ1v) is 10.8. The second kappa shape index (κ2) is 11.5. The number of alkyl halides is 3. The Balaban J connectivity index is 0.000000454. The molecule has 1 aromatic heterocycles. The van der Waals surface area contributed by atoms with Crippen LogP contribution < -0.4 is 15.4 Å². The van der Waals surface area contributed by atoms with Crippen LogP contribution in [0, 0.1) is 0 Å². The topological polar surface area (TPSA) is 122 Å². The number of piperazine rings is 1. The summed E-state index contributed by atoms with van der Waals surface area (Å²) < 4.78 is 38.7. The van der Waals surface area contributed by atoms with Crippen molar-refractivity contribution in [3.05, 3.63) is 60.4 Å². The molecule has 1 unspecified atom stereocenters. The number of aliphatic carboxylic acids is 1. The van der Waals surface area contributed by atoms with Gasteiger partial charge in [-0.15, -0.1) is 0 Å². The van der Waals surface area contributed by atoms with E-state index in [1.54, 1.807) is 18.1 Å². The average Bonchev–Trinajstić information content (AvgIpc) is 3.30. The standard InChI is InChI=1S/C21H24N6O2.C2HF3O2/c1-26-14-23-20(25-26)15-6-8-17(9-7-15)24-21(28)27-11-10-22-13-19(27)16-4-3-5-18(12-16)29-2;3-2(4,5)1(6)7/h3-9,12,14,19,22H,10-11,13H2,1-2H3,(H,24,28);(H,6,7). The fraction of sp³-hybridized carbons (Fsp3) is 0.304. The maximum atomic E-state index is 13.0. The maximum Gasteiger partial charge on any atom is 0.490 e. The molecular weight excluding hydrogens is 481 g/mol. The van der Waals surface area contributed by atoms with Crippen LogP contribution in [-0.2, 0) is 11.8 Å². The van der Waals surface area contributed by atoms with E-state index in [1.165, 1.54) is 0 Å². The van der Waals surface area contributed by atoms with Crippen molar-refractivity contribution in [1.29, 1.82) is 0 Å².